The molecule has 4 atom stereocenters. The smallest absolute Gasteiger partial charge is 0.414 e. The molecule has 2 N–H and O–H groups in total. The summed E-state index contributed by atoms with van der Waals surface area (Å²) < 4.78 is 51.8. The van der Waals surface area contributed by atoms with Crippen LogP contribution in [0.2, 0.25) is 0 Å². The fourth-order valence-electron chi connectivity index (χ4n) is 13.7. The van der Waals surface area contributed by atoms with Gasteiger partial charge in [-0.15, -0.1) is 20.4 Å². The molecule has 8 rings (SSSR count). The van der Waals surface area contributed by atoms with Gasteiger partial charge in [-0.2, -0.15) is 0 Å². The lowest BCUT2D eigenvalue weighted by molar-refractivity contribution is -0.159. The molecule has 2 aromatic heterocycles. The van der Waals surface area contributed by atoms with E-state index in [4.69, 9.17) is 38.7 Å². The van der Waals surface area contributed by atoms with Gasteiger partial charge in [-0.1, -0.05) is 27.7 Å². The van der Waals surface area contributed by atoms with Crippen molar-refractivity contribution in [2.45, 2.75) is 158 Å². The highest BCUT2D eigenvalue weighted by molar-refractivity contribution is 6.27. The Balaban J connectivity index is 0.000000274. The number of benzene rings is 2. The fourth-order valence-corrected chi connectivity index (χ4v) is 13.7. The van der Waals surface area contributed by atoms with Gasteiger partial charge in [0.05, 0.1) is 23.3 Å². The van der Waals surface area contributed by atoms with E-state index in [1.54, 1.807) is 24.0 Å². The summed E-state index contributed by atoms with van der Waals surface area (Å²) in [7, 11) is 7.88. The van der Waals surface area contributed by atoms with Crippen molar-refractivity contribution in [3.8, 4) is 23.3 Å². The minimum atomic E-state index is -1.82. The highest BCUT2D eigenvalue weighted by Gasteiger charge is 2.52. The molecular weight excluding hydrogens is 1210 g/mol. The normalized spacial score (nSPS) is 17.2. The van der Waals surface area contributed by atoms with E-state index >= 15 is 0 Å². The van der Waals surface area contributed by atoms with Crippen LogP contribution in [0.4, 0.5) is 20.4 Å². The number of ether oxygens (including phenoxy) is 4. The van der Waals surface area contributed by atoms with Crippen LogP contribution in [0.5, 0.6) is 23.3 Å². The van der Waals surface area contributed by atoms with Crippen LogP contribution in [0.3, 0.4) is 0 Å². The van der Waals surface area contributed by atoms with Gasteiger partial charge in [0, 0.05) is 128 Å². The van der Waals surface area contributed by atoms with Gasteiger partial charge in [-0.3, -0.25) is 19.4 Å². The van der Waals surface area contributed by atoms with Crippen LogP contribution in [-0.2, 0) is 19.1 Å². The monoisotopic (exact) mass is 1320 g/mol. The average Bonchev–Trinajstić information content (AvgIpc) is 1.56. The predicted octanol–water partition coefficient (Wildman–Crippen LogP) is 9.07. The zero-order valence-electron chi connectivity index (χ0n) is 58.6. The first-order valence-corrected chi connectivity index (χ1v) is 33.4. The summed E-state index contributed by atoms with van der Waals surface area (Å²) in [6.45, 7) is 37.8. The molecule has 0 bridgehead atoms. The van der Waals surface area contributed by atoms with Crippen LogP contribution in [0.25, 0.3) is 0 Å². The minimum Gasteiger partial charge on any atom is -0.473 e. The van der Waals surface area contributed by atoms with Crippen LogP contribution < -0.4 is 19.3 Å². The molecule has 26 heteroatoms. The number of carbonyl (C=O) groups excluding carboxylic acids is 2. The highest BCUT2D eigenvalue weighted by atomic mass is 19.1. The molecule has 0 aliphatic carbocycles. The van der Waals surface area contributed by atoms with Gasteiger partial charge in [0.15, 0.2) is 11.6 Å². The van der Waals surface area contributed by atoms with E-state index in [0.717, 1.165) is 91.4 Å². The van der Waals surface area contributed by atoms with E-state index in [0.29, 0.717) is 48.6 Å². The van der Waals surface area contributed by atoms with Gasteiger partial charge in [-0.25, -0.2) is 28.3 Å². The molecule has 2 amide bonds. The molecule has 522 valence electrons. The summed E-state index contributed by atoms with van der Waals surface area (Å²) in [5.41, 5.74) is 0.721. The Hall–Kier alpha value is -6.84. The Kier molecular flexibility index (Phi) is 28.6. The second kappa shape index (κ2) is 35.2. The minimum absolute atomic E-state index is 0.0402. The van der Waals surface area contributed by atoms with E-state index in [1.807, 2.05) is 41.5 Å². The Bertz CT molecular complexity index is 2880. The number of amides is 2. The number of anilines is 2. The first kappa shape index (κ1) is 76.2. The largest absolute Gasteiger partial charge is 0.473 e. The number of carboxylic acid groups (broad SMARTS) is 2. The van der Waals surface area contributed by atoms with Crippen LogP contribution in [0, 0.1) is 34.3 Å². The average molecular weight is 1320 g/mol. The van der Waals surface area contributed by atoms with Crippen molar-refractivity contribution in [2.75, 3.05) is 130 Å². The number of halogens is 2. The molecule has 94 heavy (non-hydrogen) atoms. The van der Waals surface area contributed by atoms with Crippen molar-refractivity contribution in [1.29, 1.82) is 0 Å². The van der Waals surface area contributed by atoms with Crippen molar-refractivity contribution in [3.05, 3.63) is 71.8 Å². The molecule has 24 nitrogen and oxygen atoms in total. The Morgan fingerprint density at radius 2 is 0.936 bits per heavy atom. The molecule has 6 heterocycles. The van der Waals surface area contributed by atoms with Crippen molar-refractivity contribution < 1.29 is 57.1 Å². The maximum Gasteiger partial charge on any atom is 0.414 e. The topological polar surface area (TPSA) is 249 Å². The maximum absolute atomic E-state index is 14.3. The van der Waals surface area contributed by atoms with Gasteiger partial charge < -0.3 is 58.6 Å². The molecule has 2 spiro atoms. The highest BCUT2D eigenvalue weighted by Crippen LogP contribution is 2.47. The van der Waals surface area contributed by atoms with Crippen LogP contribution in [-0.4, -0.2) is 250 Å². The SMILES string of the molecule is CCN(C(=O)c1cc(F)ccc1Oc1nncnc1N1CCC2(C1)CN([C@H](CCCN(C)CC(C)OC)C(C)C)C2)C(C)C.CCN(C(=O)c1cc(F)ccc1Oc1nncnc1N1CCC2(C1)CN([C@H](CCCN(C)CC(C)OC)C(C)C)C2)C(C)C.O=C(O)C(=O)O. The van der Waals surface area contributed by atoms with E-state index < -0.39 is 23.6 Å². The summed E-state index contributed by atoms with van der Waals surface area (Å²) in [5, 5.41) is 31.2. The van der Waals surface area contributed by atoms with E-state index in [9.17, 15) is 18.4 Å². The number of carbonyl (C=O) groups is 4. The second-order valence-electron chi connectivity index (χ2n) is 27.3. The molecule has 4 aromatic rings. The van der Waals surface area contributed by atoms with Crippen LogP contribution in [0.1, 0.15) is 142 Å². The van der Waals surface area contributed by atoms with Crippen molar-refractivity contribution in [3.63, 3.8) is 0 Å². The van der Waals surface area contributed by atoms with Crippen LogP contribution >= 0.6 is 0 Å². The van der Waals surface area contributed by atoms with E-state index in [-0.39, 0.29) is 81.3 Å². The fraction of sp³-hybridized carbons (Fsp3) is 0.676. The lowest BCUT2D eigenvalue weighted by Crippen LogP contribution is -2.62. The van der Waals surface area contributed by atoms with Gasteiger partial charge >= 0.3 is 11.9 Å². The number of aliphatic carboxylic acids is 2. The molecule has 4 aliphatic heterocycles. The molecule has 4 aliphatic rings. The van der Waals surface area contributed by atoms with Gasteiger partial charge in [0.25, 0.3) is 23.6 Å². The first-order valence-electron chi connectivity index (χ1n) is 33.4. The quantitative estimate of drug-likeness (QED) is 0.0462. The molecule has 4 saturated heterocycles. The summed E-state index contributed by atoms with van der Waals surface area (Å²) in [6, 6.07) is 9.03. The molecule has 0 saturated carbocycles. The van der Waals surface area contributed by atoms with Crippen molar-refractivity contribution in [1.82, 2.24) is 59.8 Å². The van der Waals surface area contributed by atoms with E-state index in [2.05, 4.69) is 115 Å². The lowest BCUT2D eigenvalue weighted by Gasteiger charge is -2.53. The van der Waals surface area contributed by atoms with Crippen molar-refractivity contribution in [2.24, 2.45) is 22.7 Å². The Labute approximate surface area is 555 Å². The number of aromatic nitrogens is 6. The van der Waals surface area contributed by atoms with Gasteiger partial charge in [0.1, 0.15) is 35.8 Å². The Morgan fingerprint density at radius 1 is 0.574 bits per heavy atom. The van der Waals surface area contributed by atoms with Gasteiger partial charge in [-0.05, 0) is 169 Å². The molecule has 2 aromatic carbocycles. The first-order chi connectivity index (χ1) is 44.6. The third-order valence-electron chi connectivity index (χ3n) is 18.7. The number of likely N-dealkylation sites (tertiary alicyclic amines) is 2. The molecular formula is C68H106F2N14O10. The number of carboxylic acids is 2. The number of rotatable bonds is 30. The zero-order chi connectivity index (χ0) is 69.2. The molecule has 0 radical (unpaired) electrons. The third-order valence-corrected chi connectivity index (χ3v) is 18.7. The number of likely N-dealkylation sites (N-methyl/N-ethyl adjacent to an activating group) is 2. The molecule has 2 unspecified atom stereocenters. The predicted molar refractivity (Wildman–Crippen MR) is 357 cm³/mol. The van der Waals surface area contributed by atoms with Gasteiger partial charge in [0.2, 0.25) is 0 Å². The number of nitrogens with zero attached hydrogens (tertiary/aromatic N) is 14. The standard InChI is InChI=1S/2C33H52FN7O3.C2H2O4/c2*1-9-41(24(4)5)32(42)27-17-26(34)12-13-29(27)44-31-30(35-22-36-37-31)39-16-14-33(19-39)20-40(21-33)28(23(2)3)11-10-15-38(7)18-25(6)43-8;3-1(4)2(5)6/h2*12-13,17,22-25,28H,9-11,14-16,18-21H2,1-8H3;(H,3,4)(H,5,6)/t2*25?,28-;/m11./s1. The summed E-state index contributed by atoms with van der Waals surface area (Å²) in [5.74, 6) is -1.92. The molecule has 4 fully saturated rings. The summed E-state index contributed by atoms with van der Waals surface area (Å²) >= 11 is 0. The number of methoxy groups -OCH3 is 2. The second-order valence-corrected chi connectivity index (χ2v) is 27.3. The maximum atomic E-state index is 14.3. The third kappa shape index (κ3) is 20.6. The summed E-state index contributed by atoms with van der Waals surface area (Å²) in [4.78, 5) is 71.8. The number of hydrogen-bond donors (Lipinski definition) is 2. The summed E-state index contributed by atoms with van der Waals surface area (Å²) in [6.07, 6.45) is 10.2. The Morgan fingerprint density at radius 3 is 1.24 bits per heavy atom. The van der Waals surface area contributed by atoms with Crippen molar-refractivity contribution >= 4 is 35.4 Å². The number of hydrogen-bond acceptors (Lipinski definition) is 20. The lowest BCUT2D eigenvalue weighted by atomic mass is 9.76. The zero-order valence-corrected chi connectivity index (χ0v) is 58.6. The van der Waals surface area contributed by atoms with E-state index in [1.165, 1.54) is 74.7 Å². The van der Waals surface area contributed by atoms with Crippen LogP contribution in [0.15, 0.2) is 49.1 Å².